The molecular formula is C14H15NO3. The summed E-state index contributed by atoms with van der Waals surface area (Å²) in [5, 5.41) is 10.3. The van der Waals surface area contributed by atoms with E-state index < -0.39 is 6.10 Å². The molecule has 0 unspecified atom stereocenters. The minimum Gasteiger partial charge on any atom is -0.497 e. The lowest BCUT2D eigenvalue weighted by atomic mass is 10.0. The van der Waals surface area contributed by atoms with Gasteiger partial charge in [-0.05, 0) is 24.3 Å². The molecule has 1 aromatic carbocycles. The molecule has 0 aliphatic heterocycles. The number of rotatable bonds is 4. The summed E-state index contributed by atoms with van der Waals surface area (Å²) < 4.78 is 10.4. The predicted octanol–water partition coefficient (Wildman–Crippen LogP) is 2.18. The van der Waals surface area contributed by atoms with Crippen LogP contribution in [-0.4, -0.2) is 24.3 Å². The van der Waals surface area contributed by atoms with Gasteiger partial charge in [-0.15, -0.1) is 0 Å². The van der Waals surface area contributed by atoms with E-state index in [1.54, 1.807) is 44.7 Å². The summed E-state index contributed by atoms with van der Waals surface area (Å²) in [5.41, 5.74) is 1.25. The second kappa shape index (κ2) is 5.51. The Labute approximate surface area is 106 Å². The highest BCUT2D eigenvalue weighted by Crippen LogP contribution is 2.31. The highest BCUT2D eigenvalue weighted by atomic mass is 16.5. The van der Waals surface area contributed by atoms with Gasteiger partial charge in [-0.25, -0.2) is 0 Å². The predicted molar refractivity (Wildman–Crippen MR) is 67.8 cm³/mol. The highest BCUT2D eigenvalue weighted by Gasteiger charge is 2.16. The van der Waals surface area contributed by atoms with E-state index >= 15 is 0 Å². The van der Waals surface area contributed by atoms with Crippen LogP contribution in [0.3, 0.4) is 0 Å². The summed E-state index contributed by atoms with van der Waals surface area (Å²) in [5.74, 6) is 1.26. The molecule has 94 valence electrons. The van der Waals surface area contributed by atoms with Crippen LogP contribution in [-0.2, 0) is 0 Å². The third-order valence-electron chi connectivity index (χ3n) is 2.70. The van der Waals surface area contributed by atoms with Crippen molar-refractivity contribution in [2.24, 2.45) is 0 Å². The maximum Gasteiger partial charge on any atom is 0.128 e. The molecule has 0 amide bonds. The van der Waals surface area contributed by atoms with Crippen LogP contribution in [0.25, 0.3) is 0 Å². The number of pyridine rings is 1. The van der Waals surface area contributed by atoms with Gasteiger partial charge in [0, 0.05) is 17.8 Å². The van der Waals surface area contributed by atoms with Crippen molar-refractivity contribution in [3.8, 4) is 11.5 Å². The van der Waals surface area contributed by atoms with Crippen LogP contribution in [0.4, 0.5) is 0 Å². The van der Waals surface area contributed by atoms with Crippen molar-refractivity contribution in [1.29, 1.82) is 0 Å². The van der Waals surface area contributed by atoms with Gasteiger partial charge in [0.15, 0.2) is 0 Å². The van der Waals surface area contributed by atoms with Crippen LogP contribution < -0.4 is 9.47 Å². The van der Waals surface area contributed by atoms with E-state index in [1.165, 1.54) is 0 Å². The number of methoxy groups -OCH3 is 2. The molecule has 0 aliphatic carbocycles. The highest BCUT2D eigenvalue weighted by molar-refractivity contribution is 5.44. The van der Waals surface area contributed by atoms with Crippen LogP contribution in [0.5, 0.6) is 11.5 Å². The molecule has 2 rings (SSSR count). The molecular weight excluding hydrogens is 230 g/mol. The largest absolute Gasteiger partial charge is 0.497 e. The number of nitrogens with zero attached hydrogens (tertiary/aromatic N) is 1. The molecule has 1 aromatic heterocycles. The van der Waals surface area contributed by atoms with E-state index in [0.29, 0.717) is 22.8 Å². The van der Waals surface area contributed by atoms with Gasteiger partial charge in [0.05, 0.1) is 19.9 Å². The van der Waals surface area contributed by atoms with E-state index in [1.807, 2.05) is 12.1 Å². The van der Waals surface area contributed by atoms with Crippen LogP contribution >= 0.6 is 0 Å². The normalized spacial score (nSPS) is 11.9. The van der Waals surface area contributed by atoms with Crippen molar-refractivity contribution in [1.82, 2.24) is 4.98 Å². The summed E-state index contributed by atoms with van der Waals surface area (Å²) in [6.45, 7) is 0. The zero-order valence-corrected chi connectivity index (χ0v) is 10.3. The number of hydrogen-bond donors (Lipinski definition) is 1. The first-order valence-corrected chi connectivity index (χ1v) is 5.57. The quantitative estimate of drug-likeness (QED) is 0.897. The molecule has 0 spiro atoms. The fraction of sp³-hybridized carbons (Fsp3) is 0.214. The fourth-order valence-corrected chi connectivity index (χ4v) is 1.74. The Morgan fingerprint density at radius 2 is 1.94 bits per heavy atom. The Hall–Kier alpha value is -2.07. The molecule has 4 heteroatoms. The van der Waals surface area contributed by atoms with E-state index in [-0.39, 0.29) is 0 Å². The molecule has 0 radical (unpaired) electrons. The third kappa shape index (κ3) is 2.43. The molecule has 1 heterocycles. The molecule has 0 aliphatic rings. The van der Waals surface area contributed by atoms with Gasteiger partial charge >= 0.3 is 0 Å². The number of aliphatic hydroxyl groups is 1. The first kappa shape index (κ1) is 12.4. The number of hydrogen-bond acceptors (Lipinski definition) is 4. The maximum absolute atomic E-state index is 10.3. The van der Waals surface area contributed by atoms with E-state index in [0.717, 1.165) is 0 Å². The average Bonchev–Trinajstić information content (AvgIpc) is 2.46. The van der Waals surface area contributed by atoms with Crippen LogP contribution in [0.2, 0.25) is 0 Å². The van der Waals surface area contributed by atoms with Crippen LogP contribution in [0.1, 0.15) is 17.4 Å². The molecule has 0 saturated heterocycles. The lowest BCUT2D eigenvalue weighted by Gasteiger charge is -2.15. The molecule has 1 N–H and O–H groups in total. The van der Waals surface area contributed by atoms with Gasteiger partial charge in [0.1, 0.15) is 17.6 Å². The summed E-state index contributed by atoms with van der Waals surface area (Å²) in [6.07, 6.45) is 0.834. The van der Waals surface area contributed by atoms with E-state index in [2.05, 4.69) is 4.98 Å². The van der Waals surface area contributed by atoms with E-state index in [4.69, 9.17) is 9.47 Å². The Kier molecular flexibility index (Phi) is 3.79. The topological polar surface area (TPSA) is 51.6 Å². The average molecular weight is 245 g/mol. The van der Waals surface area contributed by atoms with Gasteiger partial charge in [0.25, 0.3) is 0 Å². The molecule has 18 heavy (non-hydrogen) atoms. The zero-order chi connectivity index (χ0) is 13.0. The van der Waals surface area contributed by atoms with Crippen molar-refractivity contribution >= 4 is 0 Å². The Bertz CT molecular complexity index is 514. The van der Waals surface area contributed by atoms with Gasteiger partial charge < -0.3 is 14.6 Å². The monoisotopic (exact) mass is 245 g/mol. The van der Waals surface area contributed by atoms with Crippen molar-refractivity contribution in [2.75, 3.05) is 14.2 Å². The van der Waals surface area contributed by atoms with Crippen LogP contribution in [0, 0.1) is 0 Å². The summed E-state index contributed by atoms with van der Waals surface area (Å²) in [4.78, 5) is 4.14. The first-order chi connectivity index (χ1) is 8.76. The zero-order valence-electron chi connectivity index (χ0n) is 10.3. The Morgan fingerprint density at radius 1 is 1.11 bits per heavy atom. The summed E-state index contributed by atoms with van der Waals surface area (Å²) in [6, 6.07) is 10.7. The summed E-state index contributed by atoms with van der Waals surface area (Å²) >= 11 is 0. The van der Waals surface area contributed by atoms with Crippen molar-refractivity contribution in [2.45, 2.75) is 6.10 Å². The maximum atomic E-state index is 10.3. The Balaban J connectivity index is 2.38. The van der Waals surface area contributed by atoms with Crippen molar-refractivity contribution in [3.05, 3.63) is 53.9 Å². The third-order valence-corrected chi connectivity index (χ3v) is 2.70. The number of benzene rings is 1. The molecule has 0 bridgehead atoms. The SMILES string of the molecule is COc1ccc([C@H](O)c2ccccn2)c(OC)c1. The van der Waals surface area contributed by atoms with Crippen molar-refractivity contribution in [3.63, 3.8) is 0 Å². The number of aromatic nitrogens is 1. The molecule has 2 aromatic rings. The first-order valence-electron chi connectivity index (χ1n) is 5.57. The number of ether oxygens (including phenoxy) is 2. The van der Waals surface area contributed by atoms with Crippen LogP contribution in [0.15, 0.2) is 42.6 Å². The standard InChI is InChI=1S/C14H15NO3/c1-17-10-6-7-11(13(9-10)18-2)14(16)12-5-3-4-8-15-12/h3-9,14,16H,1-2H3/t14-/m0/s1. The van der Waals surface area contributed by atoms with Crippen molar-refractivity contribution < 1.29 is 14.6 Å². The molecule has 0 fully saturated rings. The summed E-state index contributed by atoms with van der Waals surface area (Å²) in [7, 11) is 3.15. The second-order valence-electron chi connectivity index (χ2n) is 3.77. The minimum atomic E-state index is -0.813. The van der Waals surface area contributed by atoms with Gasteiger partial charge in [0.2, 0.25) is 0 Å². The smallest absolute Gasteiger partial charge is 0.128 e. The lowest BCUT2D eigenvalue weighted by molar-refractivity contribution is 0.209. The van der Waals surface area contributed by atoms with Gasteiger partial charge in [-0.1, -0.05) is 6.07 Å². The molecule has 0 saturated carbocycles. The van der Waals surface area contributed by atoms with Gasteiger partial charge in [-0.3, -0.25) is 4.98 Å². The fourth-order valence-electron chi connectivity index (χ4n) is 1.74. The lowest BCUT2D eigenvalue weighted by Crippen LogP contribution is -2.04. The number of aliphatic hydroxyl groups excluding tert-OH is 1. The molecule has 1 atom stereocenters. The molecule has 4 nitrogen and oxygen atoms in total. The Morgan fingerprint density at radius 3 is 2.56 bits per heavy atom. The van der Waals surface area contributed by atoms with E-state index in [9.17, 15) is 5.11 Å². The minimum absolute atomic E-state index is 0.576. The second-order valence-corrected chi connectivity index (χ2v) is 3.77. The van der Waals surface area contributed by atoms with Gasteiger partial charge in [-0.2, -0.15) is 0 Å².